The molecule has 1 atom stereocenters. The molecule has 0 radical (unpaired) electrons. The minimum Gasteiger partial charge on any atom is -0.465 e. The molecular formula is C17H19NO6. The molecule has 7 nitrogen and oxygen atoms in total. The minimum absolute atomic E-state index is 0.0294. The fourth-order valence-corrected chi connectivity index (χ4v) is 2.42. The molecule has 7 heteroatoms. The van der Waals surface area contributed by atoms with Gasteiger partial charge in [0, 0.05) is 5.69 Å². The highest BCUT2D eigenvalue weighted by Crippen LogP contribution is 2.21. The van der Waals surface area contributed by atoms with E-state index in [1.54, 1.807) is 26.8 Å². The van der Waals surface area contributed by atoms with Crippen LogP contribution in [0.2, 0.25) is 0 Å². The van der Waals surface area contributed by atoms with Crippen LogP contribution in [0.25, 0.3) is 0 Å². The molecule has 24 heavy (non-hydrogen) atoms. The summed E-state index contributed by atoms with van der Waals surface area (Å²) in [6.45, 7) is 6.46. The van der Waals surface area contributed by atoms with Gasteiger partial charge in [0.05, 0.1) is 18.4 Å². The van der Waals surface area contributed by atoms with Gasteiger partial charge in [-0.3, -0.25) is 4.79 Å². The van der Waals surface area contributed by atoms with Crippen molar-refractivity contribution in [2.75, 3.05) is 7.11 Å². The van der Waals surface area contributed by atoms with Crippen molar-refractivity contribution in [3.63, 3.8) is 0 Å². The predicted octanol–water partition coefficient (Wildman–Crippen LogP) is 2.75. The van der Waals surface area contributed by atoms with Crippen molar-refractivity contribution >= 4 is 17.7 Å². The molecule has 2 aromatic rings. The number of nitrogens with one attached hydrogen (secondary N) is 1. The van der Waals surface area contributed by atoms with Crippen LogP contribution in [0.15, 0.2) is 16.5 Å². The van der Waals surface area contributed by atoms with Gasteiger partial charge >= 0.3 is 11.9 Å². The summed E-state index contributed by atoms with van der Waals surface area (Å²) in [5, 5.41) is 0. The summed E-state index contributed by atoms with van der Waals surface area (Å²) >= 11 is 0. The number of carbonyl (C=O) groups excluding carboxylic acids is 3. The molecule has 0 amide bonds. The maximum absolute atomic E-state index is 12.5. The van der Waals surface area contributed by atoms with Crippen molar-refractivity contribution < 1.29 is 28.3 Å². The molecule has 2 heterocycles. The molecule has 0 spiro atoms. The van der Waals surface area contributed by atoms with Gasteiger partial charge in [0.1, 0.15) is 5.76 Å². The number of ether oxygens (including phenoxy) is 2. The van der Waals surface area contributed by atoms with Gasteiger partial charge in [-0.15, -0.1) is 0 Å². The fraction of sp³-hybridized carbons (Fsp3) is 0.353. The van der Waals surface area contributed by atoms with Crippen molar-refractivity contribution in [1.82, 2.24) is 4.98 Å². The number of hydrogen-bond donors (Lipinski definition) is 1. The van der Waals surface area contributed by atoms with Gasteiger partial charge in [-0.05, 0) is 45.4 Å². The number of ketones is 1. The Balaban J connectivity index is 2.19. The topological polar surface area (TPSA) is 98.6 Å². The first-order valence-corrected chi connectivity index (χ1v) is 7.35. The molecule has 128 valence electrons. The molecule has 1 N–H and O–H groups in total. The molecule has 0 aromatic carbocycles. The molecule has 0 bridgehead atoms. The average Bonchev–Trinajstić information content (AvgIpc) is 3.09. The summed E-state index contributed by atoms with van der Waals surface area (Å²) in [6, 6.07) is 3.11. The van der Waals surface area contributed by atoms with E-state index in [2.05, 4.69) is 4.98 Å². The highest BCUT2D eigenvalue weighted by atomic mass is 16.6. The van der Waals surface area contributed by atoms with Crippen LogP contribution in [0.4, 0.5) is 0 Å². The maximum atomic E-state index is 12.5. The molecule has 0 aliphatic carbocycles. The Hall–Kier alpha value is -2.83. The number of carbonyl (C=O) groups is 3. The highest BCUT2D eigenvalue weighted by molar-refractivity contribution is 6.04. The third-order valence-corrected chi connectivity index (χ3v) is 3.67. The first-order valence-electron chi connectivity index (χ1n) is 7.35. The number of hydrogen-bond acceptors (Lipinski definition) is 6. The largest absolute Gasteiger partial charge is 0.465 e. The minimum atomic E-state index is -1.04. The van der Waals surface area contributed by atoms with E-state index >= 15 is 0 Å². The summed E-state index contributed by atoms with van der Waals surface area (Å²) in [5.41, 5.74) is 1.49. The van der Waals surface area contributed by atoms with Crippen molar-refractivity contribution in [2.24, 2.45) is 0 Å². The van der Waals surface area contributed by atoms with Crippen LogP contribution in [0.3, 0.4) is 0 Å². The van der Waals surface area contributed by atoms with E-state index in [0.29, 0.717) is 22.6 Å². The number of aromatic amines is 1. The van der Waals surface area contributed by atoms with Gasteiger partial charge in [0.25, 0.3) is 0 Å². The lowest BCUT2D eigenvalue weighted by Crippen LogP contribution is -2.25. The number of H-pyrrole nitrogens is 1. The molecule has 2 aromatic heterocycles. The van der Waals surface area contributed by atoms with E-state index in [9.17, 15) is 14.4 Å². The number of furan rings is 1. The van der Waals surface area contributed by atoms with Crippen molar-refractivity contribution in [2.45, 2.75) is 33.8 Å². The zero-order chi connectivity index (χ0) is 18.0. The third kappa shape index (κ3) is 3.24. The lowest BCUT2D eigenvalue weighted by Gasteiger charge is -2.11. The summed E-state index contributed by atoms with van der Waals surface area (Å²) in [7, 11) is 1.27. The smallest absolute Gasteiger partial charge is 0.374 e. The molecular weight excluding hydrogens is 314 g/mol. The Labute approximate surface area is 138 Å². The number of aromatic nitrogens is 1. The normalized spacial score (nSPS) is 11.9. The van der Waals surface area contributed by atoms with Gasteiger partial charge in [-0.25, -0.2) is 9.59 Å². The Kier molecular flexibility index (Phi) is 4.92. The van der Waals surface area contributed by atoms with E-state index in [1.807, 2.05) is 0 Å². The van der Waals surface area contributed by atoms with Crippen LogP contribution < -0.4 is 0 Å². The van der Waals surface area contributed by atoms with Crippen LogP contribution in [0, 0.1) is 20.8 Å². The second-order valence-corrected chi connectivity index (χ2v) is 5.44. The van der Waals surface area contributed by atoms with E-state index < -0.39 is 23.8 Å². The Morgan fingerprint density at radius 3 is 2.33 bits per heavy atom. The fourth-order valence-electron chi connectivity index (χ4n) is 2.42. The first-order chi connectivity index (χ1) is 11.3. The molecule has 0 saturated heterocycles. The van der Waals surface area contributed by atoms with Crippen molar-refractivity contribution in [3.8, 4) is 0 Å². The second-order valence-electron chi connectivity index (χ2n) is 5.44. The molecule has 0 unspecified atom stereocenters. The van der Waals surface area contributed by atoms with Gasteiger partial charge < -0.3 is 18.9 Å². The number of methoxy groups -OCH3 is 1. The molecule has 0 aliphatic heterocycles. The highest BCUT2D eigenvalue weighted by Gasteiger charge is 2.28. The summed E-state index contributed by atoms with van der Waals surface area (Å²) in [5.74, 6) is -1.10. The lowest BCUT2D eigenvalue weighted by atomic mass is 10.1. The third-order valence-electron chi connectivity index (χ3n) is 3.67. The summed E-state index contributed by atoms with van der Waals surface area (Å²) in [4.78, 5) is 39.1. The Morgan fingerprint density at radius 1 is 1.12 bits per heavy atom. The summed E-state index contributed by atoms with van der Waals surface area (Å²) < 4.78 is 15.0. The Bertz CT molecular complexity index is 798. The van der Waals surface area contributed by atoms with Gasteiger partial charge in [-0.2, -0.15) is 0 Å². The van der Waals surface area contributed by atoms with Gasteiger partial charge in [0.15, 0.2) is 6.10 Å². The van der Waals surface area contributed by atoms with Crippen LogP contribution in [0.5, 0.6) is 0 Å². The number of esters is 2. The molecule has 0 fully saturated rings. The van der Waals surface area contributed by atoms with E-state index in [0.717, 1.165) is 0 Å². The van der Waals surface area contributed by atoms with Crippen LogP contribution in [0.1, 0.15) is 55.3 Å². The van der Waals surface area contributed by atoms with Crippen molar-refractivity contribution in [3.05, 3.63) is 46.2 Å². The zero-order valence-electron chi connectivity index (χ0n) is 14.2. The average molecular weight is 333 g/mol. The number of rotatable bonds is 5. The van der Waals surface area contributed by atoms with Crippen molar-refractivity contribution in [1.29, 1.82) is 0 Å². The summed E-state index contributed by atoms with van der Waals surface area (Å²) in [6.07, 6.45) is -1.04. The molecule has 0 aliphatic rings. The first kappa shape index (κ1) is 17.5. The second kappa shape index (κ2) is 6.74. The molecule has 0 saturated carbocycles. The monoisotopic (exact) mass is 333 g/mol. The quantitative estimate of drug-likeness (QED) is 0.667. The SMILES string of the molecule is COC(=O)c1c(C)[nH]c(C(=O)[C@@H](C)OC(=O)c2ccc(C)o2)c1C. The van der Waals surface area contributed by atoms with Crippen LogP contribution >= 0.6 is 0 Å². The van der Waals surface area contributed by atoms with Crippen LogP contribution in [-0.4, -0.2) is 35.9 Å². The maximum Gasteiger partial charge on any atom is 0.374 e. The number of aryl methyl sites for hydroxylation is 2. The van der Waals surface area contributed by atoms with Gasteiger partial charge in [-0.1, -0.05) is 0 Å². The predicted molar refractivity (Wildman–Crippen MR) is 84.3 cm³/mol. The van der Waals surface area contributed by atoms with E-state index in [-0.39, 0.29) is 11.5 Å². The van der Waals surface area contributed by atoms with E-state index in [4.69, 9.17) is 13.9 Å². The zero-order valence-corrected chi connectivity index (χ0v) is 14.2. The standard InChI is InChI=1S/C17H19NO6/c1-8-6-7-12(23-8)16(20)24-11(4)15(19)14-9(2)13(10(3)18-14)17(21)22-5/h6-7,11,18H,1-5H3/t11-/m1/s1. The molecule has 2 rings (SSSR count). The van der Waals surface area contributed by atoms with Gasteiger partial charge in [0.2, 0.25) is 11.5 Å². The van der Waals surface area contributed by atoms with E-state index in [1.165, 1.54) is 20.1 Å². The lowest BCUT2D eigenvalue weighted by molar-refractivity contribution is 0.0286. The number of Topliss-reactive ketones (excluding diaryl/α,β-unsaturated/α-hetero) is 1. The van der Waals surface area contributed by atoms with Crippen LogP contribution in [-0.2, 0) is 9.47 Å². The Morgan fingerprint density at radius 2 is 1.79 bits per heavy atom.